The number of carboxylic acid groups (broad SMARTS) is 1. The number of pyridine rings is 1. The number of benzene rings is 2. The first-order chi connectivity index (χ1) is 12.9. The number of aromatic nitrogens is 1. The van der Waals surface area contributed by atoms with Crippen LogP contribution in [0.1, 0.15) is 24.8 Å². The number of hydrogen-bond donors (Lipinski definition) is 1. The third-order valence-electron chi connectivity index (χ3n) is 6.28. The Kier molecular flexibility index (Phi) is 3.38. The van der Waals surface area contributed by atoms with Gasteiger partial charge >= 0.3 is 5.97 Å². The largest absolute Gasteiger partial charge is 0.493 e. The van der Waals surface area contributed by atoms with E-state index in [2.05, 4.69) is 0 Å². The predicted octanol–water partition coefficient (Wildman–Crippen LogP) is 3.95. The predicted molar refractivity (Wildman–Crippen MR) is 104 cm³/mol. The Balaban J connectivity index is 1.91. The van der Waals surface area contributed by atoms with Crippen LogP contribution in [0.5, 0.6) is 5.75 Å². The van der Waals surface area contributed by atoms with E-state index in [1.165, 1.54) is 31.9 Å². The summed E-state index contributed by atoms with van der Waals surface area (Å²) in [6.45, 7) is -0.275. The molecule has 6 heteroatoms. The molecule has 27 heavy (non-hydrogen) atoms. The summed E-state index contributed by atoms with van der Waals surface area (Å²) in [5.74, 6) is 0.168. The molecule has 3 aliphatic carbocycles. The first-order valence-corrected chi connectivity index (χ1v) is 9.36. The number of carbonyl (C=O) groups is 1. The van der Waals surface area contributed by atoms with E-state index < -0.39 is 5.97 Å². The van der Waals surface area contributed by atoms with E-state index in [-0.39, 0.29) is 17.4 Å². The van der Waals surface area contributed by atoms with Gasteiger partial charge in [-0.25, -0.2) is 0 Å². The van der Waals surface area contributed by atoms with Gasteiger partial charge in [-0.3, -0.25) is 9.59 Å². The van der Waals surface area contributed by atoms with Crippen LogP contribution in [0.4, 0.5) is 0 Å². The van der Waals surface area contributed by atoms with Crippen molar-refractivity contribution in [3.63, 3.8) is 0 Å². The standard InChI is InChI=1S/C21H18ClNO4/c1-27-20-15(22)5-4-14-18(20)23(10-17(24)25)16-6-12(2-3-13(16)19(14)26)21-7-11(8-21)9-21/h2-6,11H,7-10H2,1H3,(H,24,25). The normalized spacial score (nSPS) is 23.1. The molecule has 2 bridgehead atoms. The van der Waals surface area contributed by atoms with Crippen LogP contribution in [0.3, 0.4) is 0 Å². The smallest absolute Gasteiger partial charge is 0.323 e. The molecule has 6 rings (SSSR count). The van der Waals surface area contributed by atoms with Crippen LogP contribution >= 0.6 is 11.6 Å². The average Bonchev–Trinajstić information content (AvgIpc) is 2.55. The zero-order valence-corrected chi connectivity index (χ0v) is 15.5. The molecular weight excluding hydrogens is 366 g/mol. The Hall–Kier alpha value is -2.53. The summed E-state index contributed by atoms with van der Waals surface area (Å²) in [4.78, 5) is 24.7. The van der Waals surface area contributed by atoms with Crippen molar-refractivity contribution < 1.29 is 14.6 Å². The summed E-state index contributed by atoms with van der Waals surface area (Å²) >= 11 is 6.27. The average molecular weight is 384 g/mol. The summed E-state index contributed by atoms with van der Waals surface area (Å²) in [5, 5.41) is 10.8. The monoisotopic (exact) mass is 383 g/mol. The molecule has 1 heterocycles. The van der Waals surface area contributed by atoms with Gasteiger partial charge in [0.2, 0.25) is 0 Å². The zero-order chi connectivity index (χ0) is 18.9. The fourth-order valence-electron chi connectivity index (χ4n) is 4.87. The van der Waals surface area contributed by atoms with Gasteiger partial charge in [0.15, 0.2) is 11.2 Å². The van der Waals surface area contributed by atoms with E-state index in [9.17, 15) is 14.7 Å². The molecule has 5 nitrogen and oxygen atoms in total. The van der Waals surface area contributed by atoms with Crippen molar-refractivity contribution in [1.82, 2.24) is 4.57 Å². The molecule has 3 saturated carbocycles. The van der Waals surface area contributed by atoms with Crippen LogP contribution in [0.25, 0.3) is 21.8 Å². The summed E-state index contributed by atoms with van der Waals surface area (Å²) in [7, 11) is 1.47. The molecule has 3 aliphatic rings. The first-order valence-electron chi connectivity index (χ1n) is 8.98. The number of rotatable bonds is 4. The number of ether oxygens (including phenoxy) is 1. The fourth-order valence-corrected chi connectivity index (χ4v) is 5.10. The fraction of sp³-hybridized carbons (Fsp3) is 0.333. The van der Waals surface area contributed by atoms with Gasteiger partial charge in [-0.15, -0.1) is 0 Å². The minimum absolute atomic E-state index is 0.138. The van der Waals surface area contributed by atoms with Crippen molar-refractivity contribution in [2.24, 2.45) is 5.92 Å². The molecule has 0 atom stereocenters. The number of nitrogens with zero attached hydrogens (tertiary/aromatic N) is 1. The Morgan fingerprint density at radius 2 is 1.96 bits per heavy atom. The highest BCUT2D eigenvalue weighted by atomic mass is 35.5. The minimum atomic E-state index is -0.987. The molecule has 138 valence electrons. The minimum Gasteiger partial charge on any atom is -0.493 e. The molecular formula is C21H18ClNO4. The van der Waals surface area contributed by atoms with Crippen LogP contribution < -0.4 is 10.2 Å². The molecule has 2 aromatic carbocycles. The molecule has 1 N–H and O–H groups in total. The first kappa shape index (κ1) is 16.6. The summed E-state index contributed by atoms with van der Waals surface area (Å²) < 4.78 is 7.08. The second-order valence-electron chi connectivity index (χ2n) is 7.78. The molecule has 0 spiro atoms. The van der Waals surface area contributed by atoms with Crippen LogP contribution in [0.15, 0.2) is 35.1 Å². The van der Waals surface area contributed by atoms with Crippen LogP contribution in [0, 0.1) is 5.92 Å². The molecule has 1 aromatic heterocycles. The van der Waals surface area contributed by atoms with Gasteiger partial charge in [0.05, 0.1) is 28.6 Å². The maximum Gasteiger partial charge on any atom is 0.323 e. The topological polar surface area (TPSA) is 68.5 Å². The second-order valence-corrected chi connectivity index (χ2v) is 8.18. The van der Waals surface area contributed by atoms with Crippen molar-refractivity contribution in [3.05, 3.63) is 51.1 Å². The molecule has 3 fully saturated rings. The summed E-state index contributed by atoms with van der Waals surface area (Å²) in [6, 6.07) is 9.11. The Bertz CT molecular complexity index is 1180. The van der Waals surface area contributed by atoms with Crippen molar-refractivity contribution in [3.8, 4) is 5.75 Å². The van der Waals surface area contributed by atoms with Crippen molar-refractivity contribution in [2.75, 3.05) is 7.11 Å². The van der Waals surface area contributed by atoms with Crippen molar-refractivity contribution in [2.45, 2.75) is 31.2 Å². The quantitative estimate of drug-likeness (QED) is 0.692. The highest BCUT2D eigenvalue weighted by Crippen LogP contribution is 2.65. The van der Waals surface area contributed by atoms with Gasteiger partial charge in [-0.1, -0.05) is 17.7 Å². The Morgan fingerprint density at radius 1 is 1.26 bits per heavy atom. The molecule has 0 unspecified atom stereocenters. The lowest BCUT2D eigenvalue weighted by atomic mass is 9.42. The molecule has 0 amide bonds. The van der Waals surface area contributed by atoms with Crippen LogP contribution in [0.2, 0.25) is 5.02 Å². The number of halogens is 1. The number of methoxy groups -OCH3 is 1. The van der Waals surface area contributed by atoms with Crippen LogP contribution in [-0.4, -0.2) is 22.8 Å². The number of hydrogen-bond acceptors (Lipinski definition) is 3. The number of aliphatic carboxylic acids is 1. The highest BCUT2D eigenvalue weighted by Gasteiger charge is 2.57. The number of fused-ring (bicyclic) bond motifs is 2. The van der Waals surface area contributed by atoms with Gasteiger partial charge in [0.1, 0.15) is 6.54 Å². The summed E-state index contributed by atoms with van der Waals surface area (Å²) in [5.41, 5.74) is 2.32. The summed E-state index contributed by atoms with van der Waals surface area (Å²) in [6.07, 6.45) is 3.55. The van der Waals surface area contributed by atoms with Gasteiger partial charge < -0.3 is 14.4 Å². The van der Waals surface area contributed by atoms with E-state index in [0.29, 0.717) is 32.6 Å². The molecule has 0 aliphatic heterocycles. The zero-order valence-electron chi connectivity index (χ0n) is 14.8. The molecule has 0 radical (unpaired) electrons. The highest BCUT2D eigenvalue weighted by molar-refractivity contribution is 6.33. The van der Waals surface area contributed by atoms with Gasteiger partial charge in [-0.05, 0) is 60.4 Å². The lowest BCUT2D eigenvalue weighted by Crippen LogP contribution is -2.55. The lowest BCUT2D eigenvalue weighted by Gasteiger charge is -2.62. The molecule has 3 aromatic rings. The number of carboxylic acids is 1. The molecule has 0 saturated heterocycles. The van der Waals surface area contributed by atoms with Gasteiger partial charge in [0, 0.05) is 5.39 Å². The lowest BCUT2D eigenvalue weighted by molar-refractivity contribution is -0.137. The van der Waals surface area contributed by atoms with Crippen molar-refractivity contribution >= 4 is 39.4 Å². The van der Waals surface area contributed by atoms with Gasteiger partial charge in [0.25, 0.3) is 0 Å². The third kappa shape index (κ3) is 2.18. The maximum atomic E-state index is 13.1. The van der Waals surface area contributed by atoms with Crippen molar-refractivity contribution in [1.29, 1.82) is 0 Å². The third-order valence-corrected chi connectivity index (χ3v) is 6.58. The van der Waals surface area contributed by atoms with E-state index in [0.717, 1.165) is 5.92 Å². The van der Waals surface area contributed by atoms with E-state index >= 15 is 0 Å². The SMILES string of the molecule is COc1c(Cl)ccc2c(=O)c3ccc(C45CC(C4)C5)cc3n(CC(=O)O)c12. The van der Waals surface area contributed by atoms with Crippen LogP contribution in [-0.2, 0) is 16.8 Å². The second kappa shape index (κ2) is 5.49. The maximum absolute atomic E-state index is 13.1. The van der Waals surface area contributed by atoms with Gasteiger partial charge in [-0.2, -0.15) is 0 Å². The van der Waals surface area contributed by atoms with E-state index in [1.807, 2.05) is 18.2 Å². The Morgan fingerprint density at radius 3 is 2.56 bits per heavy atom. The Labute approximate surface area is 160 Å². The van der Waals surface area contributed by atoms with E-state index in [1.54, 1.807) is 16.7 Å². The van der Waals surface area contributed by atoms with E-state index in [4.69, 9.17) is 16.3 Å².